The van der Waals surface area contributed by atoms with E-state index in [2.05, 4.69) is 5.32 Å². The van der Waals surface area contributed by atoms with Crippen LogP contribution in [0.25, 0.3) is 0 Å². The maximum absolute atomic E-state index is 15.0. The van der Waals surface area contributed by atoms with Crippen molar-refractivity contribution in [2.45, 2.75) is 18.4 Å². The van der Waals surface area contributed by atoms with Gasteiger partial charge in [-0.3, -0.25) is 19.3 Å². The van der Waals surface area contributed by atoms with Gasteiger partial charge in [-0.1, -0.05) is 6.07 Å². The second-order valence-electron chi connectivity index (χ2n) is 9.42. The van der Waals surface area contributed by atoms with E-state index in [-0.39, 0.29) is 44.2 Å². The SMILES string of the molecule is NCCN1CCN(C(=O)NC(C(=O)N[C@H]2Cc3ccc(F)c(C(=O)O)c3OB2O)c2c(F)cc(O)c(O)c2F)C(=O)C1=O. The molecule has 228 valence electrons. The van der Waals surface area contributed by atoms with Crippen LogP contribution in [0.5, 0.6) is 17.2 Å². The van der Waals surface area contributed by atoms with E-state index in [0.717, 1.165) is 17.0 Å². The molecule has 8 N–H and O–H groups in total. The van der Waals surface area contributed by atoms with E-state index < -0.39 is 94.7 Å². The fourth-order valence-corrected chi connectivity index (χ4v) is 4.61. The summed E-state index contributed by atoms with van der Waals surface area (Å²) in [6, 6.07) is -1.66. The number of nitrogens with one attached hydrogen (secondary N) is 2. The number of hydrogen-bond donors (Lipinski definition) is 7. The van der Waals surface area contributed by atoms with Gasteiger partial charge >= 0.3 is 30.9 Å². The van der Waals surface area contributed by atoms with Gasteiger partial charge in [0.2, 0.25) is 5.91 Å². The number of aromatic carboxylic acids is 1. The van der Waals surface area contributed by atoms with Gasteiger partial charge in [0, 0.05) is 32.2 Å². The molecule has 0 radical (unpaired) electrons. The highest BCUT2D eigenvalue weighted by Gasteiger charge is 2.43. The molecule has 4 rings (SSSR count). The lowest BCUT2D eigenvalue weighted by atomic mass is 9.72. The van der Waals surface area contributed by atoms with E-state index in [0.29, 0.717) is 4.90 Å². The Morgan fingerprint density at radius 3 is 2.47 bits per heavy atom. The number of fused-ring (bicyclic) bond motifs is 1. The number of piperazine rings is 1. The third kappa shape index (κ3) is 5.84. The van der Waals surface area contributed by atoms with Gasteiger partial charge < -0.3 is 46.3 Å². The molecule has 1 unspecified atom stereocenters. The number of carboxylic acid groups (broad SMARTS) is 1. The number of benzene rings is 2. The third-order valence-electron chi connectivity index (χ3n) is 6.73. The molecule has 43 heavy (non-hydrogen) atoms. The lowest BCUT2D eigenvalue weighted by Gasteiger charge is -2.33. The number of amides is 5. The van der Waals surface area contributed by atoms with Crippen LogP contribution in [0.3, 0.4) is 0 Å². The Balaban J connectivity index is 1.64. The smallest absolute Gasteiger partial charge is 0.534 e. The molecule has 1 fully saturated rings. The molecule has 0 spiro atoms. The predicted octanol–water partition coefficient (Wildman–Crippen LogP) is -1.27. The molecule has 0 bridgehead atoms. The lowest BCUT2D eigenvalue weighted by Crippen LogP contribution is -2.60. The van der Waals surface area contributed by atoms with E-state index in [1.54, 1.807) is 0 Å². The number of rotatable bonds is 7. The van der Waals surface area contributed by atoms with Crippen molar-refractivity contribution in [2.24, 2.45) is 5.73 Å². The summed E-state index contributed by atoms with van der Waals surface area (Å²) in [5.74, 6) is -14.9. The minimum atomic E-state index is -2.39. The number of hydrogen-bond acceptors (Lipinski definition) is 10. The molecule has 0 saturated carbocycles. The van der Waals surface area contributed by atoms with Crippen LogP contribution in [-0.4, -0.2) is 99.1 Å². The number of phenolic OH excluding ortho intramolecular Hbond substituents is 2. The van der Waals surface area contributed by atoms with Gasteiger partial charge in [-0.25, -0.2) is 22.8 Å². The molecular formula is C24H23BF3N5O10. The van der Waals surface area contributed by atoms with Gasteiger partial charge in [-0.2, -0.15) is 0 Å². The number of carbonyl (C=O) groups is 5. The normalized spacial score (nSPS) is 17.2. The minimum Gasteiger partial charge on any atom is -0.534 e. The molecule has 2 aliphatic rings. The molecule has 2 atom stereocenters. The standard InChI is InChI=1S/C24H23BF3N5O10/c26-10-2-1-9-7-13(25(42)43-19(9)15(10)23(39)40)30-20(36)17(14-11(27)8-12(34)18(35)16(14)28)31-24(41)33-6-5-32(4-3-29)21(37)22(33)38/h1-2,8,13,17,34-35,42H,3-7,29H2,(H,30,36)(H,31,41)(H,39,40)/t13-,17?/m0/s1. The Labute approximate surface area is 239 Å². The van der Waals surface area contributed by atoms with E-state index in [9.17, 15) is 53.1 Å². The zero-order valence-electron chi connectivity index (χ0n) is 21.8. The fraction of sp³-hybridized carbons (Fsp3) is 0.292. The summed E-state index contributed by atoms with van der Waals surface area (Å²) in [4.78, 5) is 64.2. The number of nitrogens with zero attached hydrogens (tertiary/aromatic N) is 2. The molecule has 2 aromatic carbocycles. The first-order chi connectivity index (χ1) is 20.3. The third-order valence-corrected chi connectivity index (χ3v) is 6.73. The Kier molecular flexibility index (Phi) is 8.67. The van der Waals surface area contributed by atoms with Crippen LogP contribution in [-0.2, 0) is 20.8 Å². The molecule has 2 heterocycles. The van der Waals surface area contributed by atoms with Crippen LogP contribution in [0.1, 0.15) is 27.5 Å². The number of imide groups is 1. The van der Waals surface area contributed by atoms with Crippen molar-refractivity contribution in [2.75, 3.05) is 26.2 Å². The quantitative estimate of drug-likeness (QED) is 0.111. The van der Waals surface area contributed by atoms with E-state index >= 15 is 4.39 Å². The second kappa shape index (κ2) is 12.1. The van der Waals surface area contributed by atoms with Gasteiger partial charge in [-0.15, -0.1) is 0 Å². The Hall–Kier alpha value is -5.04. The summed E-state index contributed by atoms with van der Waals surface area (Å²) >= 11 is 0. The van der Waals surface area contributed by atoms with E-state index in [1.165, 1.54) is 0 Å². The average molecular weight is 609 g/mol. The molecule has 19 heteroatoms. The van der Waals surface area contributed by atoms with Crippen molar-refractivity contribution < 1.29 is 62.1 Å². The summed E-state index contributed by atoms with van der Waals surface area (Å²) in [7, 11) is -2.02. The number of carboxylic acids is 1. The van der Waals surface area contributed by atoms with Gasteiger partial charge in [0.25, 0.3) is 0 Å². The van der Waals surface area contributed by atoms with Crippen molar-refractivity contribution in [3.8, 4) is 17.2 Å². The number of halogens is 3. The van der Waals surface area contributed by atoms with Crippen molar-refractivity contribution in [1.82, 2.24) is 20.4 Å². The van der Waals surface area contributed by atoms with Crippen LogP contribution < -0.4 is 21.0 Å². The first-order valence-corrected chi connectivity index (χ1v) is 12.5. The summed E-state index contributed by atoms with van der Waals surface area (Å²) in [5.41, 5.74) is 3.24. The molecule has 0 aliphatic carbocycles. The number of carbonyl (C=O) groups excluding carboxylic acids is 4. The minimum absolute atomic E-state index is 0.00375. The molecule has 5 amide bonds. The fourth-order valence-electron chi connectivity index (χ4n) is 4.61. The Bertz CT molecular complexity index is 1530. The Morgan fingerprint density at radius 2 is 1.81 bits per heavy atom. The molecule has 15 nitrogen and oxygen atoms in total. The van der Waals surface area contributed by atoms with Crippen LogP contribution in [0.15, 0.2) is 18.2 Å². The maximum Gasteiger partial charge on any atom is 0.547 e. The highest BCUT2D eigenvalue weighted by atomic mass is 19.1. The van der Waals surface area contributed by atoms with Crippen molar-refractivity contribution in [3.63, 3.8) is 0 Å². The zero-order chi connectivity index (χ0) is 31.7. The largest absolute Gasteiger partial charge is 0.547 e. The molecule has 0 aromatic heterocycles. The van der Waals surface area contributed by atoms with Gasteiger partial charge in [-0.05, 0) is 18.1 Å². The van der Waals surface area contributed by atoms with Crippen LogP contribution in [0.4, 0.5) is 18.0 Å². The topological polar surface area (TPSA) is 232 Å². The van der Waals surface area contributed by atoms with Crippen LogP contribution in [0, 0.1) is 17.5 Å². The first kappa shape index (κ1) is 30.9. The number of phenols is 2. The maximum atomic E-state index is 15.0. The number of urea groups is 1. The van der Waals surface area contributed by atoms with Gasteiger partial charge in [0.15, 0.2) is 17.3 Å². The summed E-state index contributed by atoms with van der Waals surface area (Å²) in [5, 5.41) is 43.3. The van der Waals surface area contributed by atoms with Crippen molar-refractivity contribution in [3.05, 3.63) is 52.3 Å². The first-order valence-electron chi connectivity index (χ1n) is 12.5. The average Bonchev–Trinajstić information content (AvgIpc) is 2.94. The zero-order valence-corrected chi connectivity index (χ0v) is 21.8. The molecule has 2 aliphatic heterocycles. The van der Waals surface area contributed by atoms with Crippen molar-refractivity contribution in [1.29, 1.82) is 0 Å². The van der Waals surface area contributed by atoms with E-state index in [1.807, 2.05) is 5.32 Å². The summed E-state index contributed by atoms with van der Waals surface area (Å²) in [6.07, 6.45) is -0.384. The summed E-state index contributed by atoms with van der Waals surface area (Å²) < 4.78 is 49.1. The van der Waals surface area contributed by atoms with Crippen LogP contribution in [0.2, 0.25) is 0 Å². The second-order valence-corrected chi connectivity index (χ2v) is 9.42. The Morgan fingerprint density at radius 1 is 1.12 bits per heavy atom. The monoisotopic (exact) mass is 609 g/mol. The predicted molar refractivity (Wildman–Crippen MR) is 136 cm³/mol. The summed E-state index contributed by atoms with van der Waals surface area (Å²) in [6.45, 7) is -0.502. The van der Waals surface area contributed by atoms with Gasteiger partial charge in [0.05, 0.1) is 11.5 Å². The molecular weight excluding hydrogens is 586 g/mol. The lowest BCUT2D eigenvalue weighted by molar-refractivity contribution is -0.153. The molecule has 1 saturated heterocycles. The number of aromatic hydroxyl groups is 2. The molecule has 2 aromatic rings. The number of nitrogens with two attached hydrogens (primary N) is 1. The van der Waals surface area contributed by atoms with Gasteiger partial charge in [0.1, 0.15) is 29.0 Å². The van der Waals surface area contributed by atoms with Crippen LogP contribution >= 0.6 is 0 Å². The van der Waals surface area contributed by atoms with E-state index in [4.69, 9.17) is 10.4 Å². The highest BCUT2D eigenvalue weighted by Crippen LogP contribution is 2.36. The van der Waals surface area contributed by atoms with Crippen molar-refractivity contribution >= 4 is 36.8 Å². The highest BCUT2D eigenvalue weighted by molar-refractivity contribution is 6.47.